The number of hydrogen-bond acceptors (Lipinski definition) is 3. The fourth-order valence-corrected chi connectivity index (χ4v) is 8.46. The van der Waals surface area contributed by atoms with Crippen molar-refractivity contribution in [3.8, 4) is 44.5 Å². The molecule has 9 aromatic carbocycles. The number of anilines is 3. The van der Waals surface area contributed by atoms with Crippen LogP contribution in [0.25, 0.3) is 88.3 Å². The van der Waals surface area contributed by atoms with Crippen LogP contribution >= 0.6 is 0 Å². The Morgan fingerprint density at radius 3 is 1.48 bits per heavy atom. The topological polar surface area (TPSA) is 44.4 Å². The number of rotatable bonds is 7. The molecule has 0 atom stereocenters. The molecular formula is C54H35N2O2-. The summed E-state index contributed by atoms with van der Waals surface area (Å²) in [6.07, 6.45) is 0. The summed E-state index contributed by atoms with van der Waals surface area (Å²) < 4.78 is 7.68. The van der Waals surface area contributed by atoms with E-state index >= 15 is 0 Å². The Balaban J connectivity index is 1.03. The molecule has 0 fully saturated rings. The Kier molecular flexibility index (Phi) is 7.93. The van der Waals surface area contributed by atoms with E-state index in [1.54, 1.807) is 0 Å². The molecule has 0 saturated heterocycles. The summed E-state index contributed by atoms with van der Waals surface area (Å²) in [4.78, 5) is 2.28. The molecule has 58 heavy (non-hydrogen) atoms. The average molecular weight is 744 g/mol. The molecule has 2 aromatic heterocycles. The fourth-order valence-electron chi connectivity index (χ4n) is 8.46. The molecule has 0 aliphatic rings. The predicted octanol–water partition coefficient (Wildman–Crippen LogP) is 15.2. The van der Waals surface area contributed by atoms with Gasteiger partial charge in [0.15, 0.2) is 0 Å². The van der Waals surface area contributed by atoms with Crippen molar-refractivity contribution >= 4 is 60.8 Å². The molecule has 0 bridgehead atoms. The highest BCUT2D eigenvalue weighted by atomic mass is 16.5. The Morgan fingerprint density at radius 1 is 0.345 bits per heavy atom. The molecule has 11 aromatic rings. The van der Waals surface area contributed by atoms with E-state index < -0.39 is 0 Å². The van der Waals surface area contributed by atoms with Gasteiger partial charge in [-0.1, -0.05) is 140 Å². The Bertz CT molecular complexity index is 3260. The first kappa shape index (κ1) is 33.5. The third-order valence-corrected chi connectivity index (χ3v) is 11.3. The van der Waals surface area contributed by atoms with Gasteiger partial charge >= 0.3 is 0 Å². The number of furan rings is 1. The van der Waals surface area contributed by atoms with Gasteiger partial charge in [0.2, 0.25) is 0 Å². The summed E-state index contributed by atoms with van der Waals surface area (Å²) in [5.41, 5.74) is 14.8. The predicted molar refractivity (Wildman–Crippen MR) is 242 cm³/mol. The minimum atomic E-state index is 0.675. The molecule has 0 saturated carbocycles. The average Bonchev–Trinajstić information content (AvgIpc) is 3.81. The van der Waals surface area contributed by atoms with E-state index in [1.807, 2.05) is 54.6 Å². The Morgan fingerprint density at radius 2 is 0.828 bits per heavy atom. The summed E-state index contributed by atoms with van der Waals surface area (Å²) in [7, 11) is 0. The third kappa shape index (κ3) is 5.70. The third-order valence-electron chi connectivity index (χ3n) is 11.3. The zero-order valence-electron chi connectivity index (χ0n) is 31.4. The van der Waals surface area contributed by atoms with Crippen LogP contribution in [-0.2, 0) is 0 Å². The van der Waals surface area contributed by atoms with Crippen LogP contribution in [0.3, 0.4) is 0 Å². The van der Waals surface area contributed by atoms with Crippen LogP contribution in [0.15, 0.2) is 217 Å². The van der Waals surface area contributed by atoms with Gasteiger partial charge in [0.25, 0.3) is 0 Å². The highest BCUT2D eigenvalue weighted by Crippen LogP contribution is 2.42. The van der Waals surface area contributed by atoms with Crippen LogP contribution in [0.5, 0.6) is 0 Å². The first-order chi connectivity index (χ1) is 28.7. The molecule has 0 spiro atoms. The minimum absolute atomic E-state index is 0.675. The summed E-state index contributed by atoms with van der Waals surface area (Å²) >= 11 is 0. The monoisotopic (exact) mass is 743 g/mol. The van der Waals surface area contributed by atoms with Crippen molar-refractivity contribution in [2.75, 3.05) is 4.90 Å². The molecule has 4 nitrogen and oxygen atoms in total. The number of benzene rings is 9. The highest BCUT2D eigenvalue weighted by molar-refractivity contribution is 6.14. The standard InChI is InChI=1S/C54H35N2O2/c57-56-51-19-11-10-18-46(51)50-33-42(32-49(54(50)56)40-16-8-3-9-17-40)39-22-27-44(28-23-39)55(43-25-20-38(21-26-43)36-12-4-1-5-13-36)45-29-31-48-47-30-24-41(37-14-6-2-7-15-37)34-52(47)58-53(48)35-45/h1-35H/q-1. The zero-order valence-corrected chi connectivity index (χ0v) is 31.4. The molecule has 2 heterocycles. The van der Waals surface area contributed by atoms with Gasteiger partial charge in [0.1, 0.15) is 11.2 Å². The summed E-state index contributed by atoms with van der Waals surface area (Å²) in [6.45, 7) is 0. The van der Waals surface area contributed by atoms with E-state index in [4.69, 9.17) is 4.42 Å². The number of hydrogen-bond donors (Lipinski definition) is 0. The van der Waals surface area contributed by atoms with Crippen molar-refractivity contribution in [3.05, 3.63) is 218 Å². The minimum Gasteiger partial charge on any atom is -0.805 e. The van der Waals surface area contributed by atoms with Crippen LogP contribution in [0.2, 0.25) is 0 Å². The Labute approximate surface area is 335 Å². The van der Waals surface area contributed by atoms with Crippen LogP contribution < -0.4 is 4.90 Å². The van der Waals surface area contributed by atoms with Crippen molar-refractivity contribution in [2.45, 2.75) is 0 Å². The molecule has 0 radical (unpaired) electrons. The van der Waals surface area contributed by atoms with Gasteiger partial charge in [0.05, 0.1) is 5.52 Å². The van der Waals surface area contributed by atoms with E-state index in [-0.39, 0.29) is 0 Å². The van der Waals surface area contributed by atoms with Gasteiger partial charge in [-0.15, -0.1) is 0 Å². The van der Waals surface area contributed by atoms with Crippen molar-refractivity contribution in [2.24, 2.45) is 0 Å². The zero-order chi connectivity index (χ0) is 38.6. The van der Waals surface area contributed by atoms with E-state index in [0.29, 0.717) is 11.0 Å². The lowest BCUT2D eigenvalue weighted by atomic mass is 9.95. The van der Waals surface area contributed by atoms with Crippen molar-refractivity contribution in [1.29, 1.82) is 0 Å². The van der Waals surface area contributed by atoms with Crippen LogP contribution in [-0.4, -0.2) is 4.73 Å². The largest absolute Gasteiger partial charge is 0.805 e. The first-order valence-electron chi connectivity index (χ1n) is 19.5. The second-order valence-electron chi connectivity index (χ2n) is 14.8. The van der Waals surface area contributed by atoms with Gasteiger partial charge in [-0.3, -0.25) is 0 Å². The number of nitrogens with zero attached hydrogens (tertiary/aromatic N) is 2. The van der Waals surface area contributed by atoms with Crippen molar-refractivity contribution < 1.29 is 4.42 Å². The number of para-hydroxylation sites is 1. The summed E-state index contributed by atoms with van der Waals surface area (Å²) in [6, 6.07) is 73.7. The molecule has 0 N–H and O–H groups in total. The normalized spacial score (nSPS) is 11.5. The molecule has 0 aliphatic heterocycles. The molecule has 0 amide bonds. The maximum atomic E-state index is 13.7. The van der Waals surface area contributed by atoms with Gasteiger partial charge in [-0.2, -0.15) is 0 Å². The van der Waals surface area contributed by atoms with E-state index in [2.05, 4.69) is 163 Å². The smallest absolute Gasteiger partial charge is 0.137 e. The molecule has 11 rings (SSSR count). The lowest BCUT2D eigenvalue weighted by Crippen LogP contribution is -2.09. The first-order valence-corrected chi connectivity index (χ1v) is 19.5. The van der Waals surface area contributed by atoms with Gasteiger partial charge in [-0.25, -0.2) is 0 Å². The lowest BCUT2D eigenvalue weighted by Gasteiger charge is -2.26. The fraction of sp³-hybridized carbons (Fsp3) is 0. The maximum Gasteiger partial charge on any atom is 0.137 e. The second-order valence-corrected chi connectivity index (χ2v) is 14.8. The number of aromatic nitrogens is 1. The van der Waals surface area contributed by atoms with Crippen LogP contribution in [0.4, 0.5) is 17.1 Å². The molecule has 4 heteroatoms. The Hall–Kier alpha value is -7.82. The molecular weight excluding hydrogens is 709 g/mol. The van der Waals surface area contributed by atoms with Gasteiger partial charge in [0, 0.05) is 55.8 Å². The number of fused-ring (bicyclic) bond motifs is 6. The molecule has 274 valence electrons. The second kappa shape index (κ2) is 13.7. The van der Waals surface area contributed by atoms with Gasteiger partial charge < -0.3 is 19.3 Å². The highest BCUT2D eigenvalue weighted by Gasteiger charge is 2.18. The lowest BCUT2D eigenvalue weighted by molar-refractivity contribution is 0.669. The SMILES string of the molecule is [O-]n1c2ccccc2c2cc(-c3ccc(N(c4ccc(-c5ccccc5)cc4)c4ccc5c(c4)oc4cc(-c6ccccc6)ccc45)cc3)cc(-c3ccccc3)c21. The van der Waals surface area contributed by atoms with E-state index in [0.717, 1.165) is 93.4 Å². The van der Waals surface area contributed by atoms with E-state index in [1.165, 1.54) is 5.56 Å². The molecule has 0 aliphatic carbocycles. The van der Waals surface area contributed by atoms with E-state index in [9.17, 15) is 5.21 Å². The van der Waals surface area contributed by atoms with Gasteiger partial charge in [-0.05, 0) is 106 Å². The summed E-state index contributed by atoms with van der Waals surface area (Å²) in [5.74, 6) is 0. The quantitative estimate of drug-likeness (QED) is 0.163. The van der Waals surface area contributed by atoms with Crippen molar-refractivity contribution in [1.82, 2.24) is 4.73 Å². The summed E-state index contributed by atoms with van der Waals surface area (Å²) in [5, 5.41) is 17.8. The molecule has 0 unspecified atom stereocenters. The maximum absolute atomic E-state index is 13.7. The van der Waals surface area contributed by atoms with Crippen molar-refractivity contribution in [3.63, 3.8) is 0 Å². The van der Waals surface area contributed by atoms with Crippen LogP contribution in [0, 0.1) is 5.21 Å². The van der Waals surface area contributed by atoms with Crippen LogP contribution in [0.1, 0.15) is 0 Å².